The molecule has 0 atom stereocenters. The van der Waals surface area contributed by atoms with E-state index >= 15 is 0 Å². The van der Waals surface area contributed by atoms with Gasteiger partial charge < -0.3 is 15.8 Å². The number of alkyl halides is 3. The van der Waals surface area contributed by atoms with Crippen molar-refractivity contribution >= 4 is 23.1 Å². The zero-order valence-corrected chi connectivity index (χ0v) is 10.3. The number of methoxy groups -OCH3 is 1. The highest BCUT2D eigenvalue weighted by molar-refractivity contribution is 8.00. The predicted molar refractivity (Wildman–Crippen MR) is 64.4 cm³/mol. The first-order valence-corrected chi connectivity index (χ1v) is 5.89. The van der Waals surface area contributed by atoms with Crippen molar-refractivity contribution in [3.63, 3.8) is 0 Å². The molecule has 1 aromatic rings. The van der Waals surface area contributed by atoms with E-state index in [9.17, 15) is 17.6 Å². The van der Waals surface area contributed by atoms with E-state index < -0.39 is 11.3 Å². The molecule has 0 saturated carbocycles. The summed E-state index contributed by atoms with van der Waals surface area (Å²) in [5, 5.41) is 2.56. The molecule has 0 heterocycles. The van der Waals surface area contributed by atoms with Gasteiger partial charge in [-0.15, -0.1) is 0 Å². The van der Waals surface area contributed by atoms with E-state index in [-0.39, 0.29) is 41.2 Å². The van der Waals surface area contributed by atoms with Gasteiger partial charge in [-0.1, -0.05) is 0 Å². The Hall–Kier alpha value is -1.31. The fraction of sp³-hybridized carbons (Fsp3) is 0.400. The Labute approximate surface area is 106 Å². The van der Waals surface area contributed by atoms with Gasteiger partial charge in [-0.05, 0) is 11.8 Å². The molecule has 0 radical (unpaired) electrons. The molecule has 1 aromatic carbocycles. The lowest BCUT2D eigenvalue weighted by atomic mass is 10.2. The summed E-state index contributed by atoms with van der Waals surface area (Å²) in [6.07, 6.45) is 0. The van der Waals surface area contributed by atoms with E-state index in [2.05, 4.69) is 5.32 Å². The van der Waals surface area contributed by atoms with Gasteiger partial charge in [-0.3, -0.25) is 0 Å². The number of nitrogen functional groups attached to an aromatic ring is 1. The van der Waals surface area contributed by atoms with Crippen LogP contribution < -0.4 is 15.8 Å². The maximum atomic E-state index is 13.4. The second-order valence-electron chi connectivity index (χ2n) is 3.29. The fourth-order valence-electron chi connectivity index (χ4n) is 1.23. The van der Waals surface area contributed by atoms with E-state index in [0.717, 1.165) is 6.07 Å². The topological polar surface area (TPSA) is 47.3 Å². The van der Waals surface area contributed by atoms with Crippen molar-refractivity contribution in [2.75, 3.05) is 30.5 Å². The quantitative estimate of drug-likeness (QED) is 0.495. The smallest absolute Gasteiger partial charge is 0.441 e. The zero-order chi connectivity index (χ0) is 13.8. The van der Waals surface area contributed by atoms with Crippen molar-refractivity contribution in [1.29, 1.82) is 0 Å². The number of rotatable bonds is 5. The first-order chi connectivity index (χ1) is 8.33. The molecule has 0 aromatic heterocycles. The van der Waals surface area contributed by atoms with E-state index in [0.29, 0.717) is 0 Å². The summed E-state index contributed by atoms with van der Waals surface area (Å²) in [5.74, 6) is -0.581. The van der Waals surface area contributed by atoms with Crippen LogP contribution in [0.25, 0.3) is 0 Å². The van der Waals surface area contributed by atoms with Crippen LogP contribution >= 0.6 is 11.8 Å². The van der Waals surface area contributed by atoms with Gasteiger partial charge in [0.05, 0.1) is 18.5 Å². The minimum atomic E-state index is -4.28. The maximum absolute atomic E-state index is 13.4. The minimum absolute atomic E-state index is 0.0197. The molecule has 3 nitrogen and oxygen atoms in total. The standard InChI is InChI=1S/C10H12F4N2OS/c1-17-9-5-8(6(11)4-7(9)15)16-2-3-18-10(12,13)14/h4-5,16H,2-3,15H2,1H3. The molecule has 18 heavy (non-hydrogen) atoms. The SMILES string of the molecule is COc1cc(NCCSC(F)(F)F)c(F)cc1N. The number of anilines is 2. The molecule has 0 aliphatic rings. The maximum Gasteiger partial charge on any atom is 0.441 e. The van der Waals surface area contributed by atoms with Crippen molar-refractivity contribution in [2.45, 2.75) is 5.51 Å². The molecule has 0 saturated heterocycles. The van der Waals surface area contributed by atoms with Crippen LogP contribution in [0, 0.1) is 5.82 Å². The zero-order valence-electron chi connectivity index (χ0n) is 9.47. The number of nitrogens with two attached hydrogens (primary N) is 1. The largest absolute Gasteiger partial charge is 0.495 e. The highest BCUT2D eigenvalue weighted by Gasteiger charge is 2.27. The third-order valence-corrected chi connectivity index (χ3v) is 2.74. The number of halogens is 4. The lowest BCUT2D eigenvalue weighted by molar-refractivity contribution is -0.0327. The summed E-state index contributed by atoms with van der Waals surface area (Å²) >= 11 is -0.169. The summed E-state index contributed by atoms with van der Waals surface area (Å²) in [5.41, 5.74) is 1.38. The van der Waals surface area contributed by atoms with Crippen molar-refractivity contribution < 1.29 is 22.3 Å². The molecular formula is C10H12F4N2OS. The van der Waals surface area contributed by atoms with Gasteiger partial charge in [0.1, 0.15) is 11.6 Å². The van der Waals surface area contributed by atoms with Crippen LogP contribution in [0.1, 0.15) is 0 Å². The molecular weight excluding hydrogens is 272 g/mol. The summed E-state index contributed by atoms with van der Waals surface area (Å²) in [7, 11) is 1.37. The number of ether oxygens (including phenoxy) is 1. The van der Waals surface area contributed by atoms with Crippen molar-refractivity contribution in [1.82, 2.24) is 0 Å². The first-order valence-electron chi connectivity index (χ1n) is 4.91. The third-order valence-electron chi connectivity index (χ3n) is 2.00. The van der Waals surface area contributed by atoms with E-state index in [1.165, 1.54) is 13.2 Å². The van der Waals surface area contributed by atoms with Crippen LogP contribution in [0.3, 0.4) is 0 Å². The van der Waals surface area contributed by atoms with Crippen LogP contribution in [0.15, 0.2) is 12.1 Å². The summed E-state index contributed by atoms with van der Waals surface area (Å²) < 4.78 is 53.9. The average Bonchev–Trinajstić information content (AvgIpc) is 2.25. The lowest BCUT2D eigenvalue weighted by Crippen LogP contribution is -2.10. The molecule has 0 fully saturated rings. The van der Waals surface area contributed by atoms with Gasteiger partial charge in [0.2, 0.25) is 0 Å². The Kier molecular flexibility index (Phi) is 4.94. The molecule has 1 rings (SSSR count). The van der Waals surface area contributed by atoms with E-state index in [1.807, 2.05) is 0 Å². The molecule has 8 heteroatoms. The third kappa shape index (κ3) is 4.52. The van der Waals surface area contributed by atoms with Crippen LogP contribution in [-0.4, -0.2) is 24.9 Å². The second-order valence-corrected chi connectivity index (χ2v) is 4.45. The predicted octanol–water partition coefficient (Wildman–Crippen LogP) is 3.08. The molecule has 0 aliphatic heterocycles. The Morgan fingerprint density at radius 2 is 2.06 bits per heavy atom. The molecule has 3 N–H and O–H groups in total. The molecule has 102 valence electrons. The Bertz CT molecular complexity index is 412. The Morgan fingerprint density at radius 1 is 1.39 bits per heavy atom. The Morgan fingerprint density at radius 3 is 2.61 bits per heavy atom. The molecule has 0 spiro atoms. The lowest BCUT2D eigenvalue weighted by Gasteiger charge is -2.11. The number of hydrogen-bond acceptors (Lipinski definition) is 4. The molecule has 0 aliphatic carbocycles. The van der Waals surface area contributed by atoms with Gasteiger partial charge in [0, 0.05) is 24.4 Å². The van der Waals surface area contributed by atoms with Crippen LogP contribution in [-0.2, 0) is 0 Å². The van der Waals surface area contributed by atoms with Gasteiger partial charge >= 0.3 is 5.51 Å². The average molecular weight is 284 g/mol. The normalized spacial score (nSPS) is 11.4. The van der Waals surface area contributed by atoms with Crippen molar-refractivity contribution in [3.05, 3.63) is 17.9 Å². The van der Waals surface area contributed by atoms with E-state index in [4.69, 9.17) is 10.5 Å². The highest BCUT2D eigenvalue weighted by Crippen LogP contribution is 2.31. The number of benzene rings is 1. The fourth-order valence-corrected chi connectivity index (χ4v) is 1.67. The second kappa shape index (κ2) is 6.03. The molecule has 0 amide bonds. The van der Waals surface area contributed by atoms with Gasteiger partial charge in [-0.25, -0.2) is 4.39 Å². The summed E-state index contributed by atoms with van der Waals surface area (Å²) in [4.78, 5) is 0. The number of hydrogen-bond donors (Lipinski definition) is 2. The van der Waals surface area contributed by atoms with Crippen molar-refractivity contribution in [2.24, 2.45) is 0 Å². The van der Waals surface area contributed by atoms with Gasteiger partial charge in [0.25, 0.3) is 0 Å². The number of nitrogens with one attached hydrogen (secondary N) is 1. The Balaban J connectivity index is 2.57. The summed E-state index contributed by atoms with van der Waals surface area (Å²) in [6.45, 7) is -0.0197. The molecule has 0 unspecified atom stereocenters. The number of thioether (sulfide) groups is 1. The minimum Gasteiger partial charge on any atom is -0.495 e. The summed E-state index contributed by atoms with van der Waals surface area (Å²) in [6, 6.07) is 2.36. The molecule has 0 bridgehead atoms. The van der Waals surface area contributed by atoms with Crippen LogP contribution in [0.2, 0.25) is 0 Å². The van der Waals surface area contributed by atoms with Crippen LogP contribution in [0.5, 0.6) is 5.75 Å². The first kappa shape index (κ1) is 14.7. The van der Waals surface area contributed by atoms with Gasteiger partial charge in [0.15, 0.2) is 0 Å². The monoisotopic (exact) mass is 284 g/mol. The van der Waals surface area contributed by atoms with Crippen molar-refractivity contribution in [3.8, 4) is 5.75 Å². The van der Waals surface area contributed by atoms with Gasteiger partial charge in [-0.2, -0.15) is 13.2 Å². The highest BCUT2D eigenvalue weighted by atomic mass is 32.2. The van der Waals surface area contributed by atoms with E-state index in [1.54, 1.807) is 0 Å². The van der Waals surface area contributed by atoms with Crippen LogP contribution in [0.4, 0.5) is 28.9 Å².